The number of carbonyl (C=O) groups excluding carboxylic acids is 1. The van der Waals surface area contributed by atoms with Crippen molar-refractivity contribution < 1.29 is 4.79 Å². The van der Waals surface area contributed by atoms with Crippen molar-refractivity contribution in [2.75, 3.05) is 20.6 Å². The van der Waals surface area contributed by atoms with Crippen LogP contribution in [-0.4, -0.2) is 31.4 Å². The third-order valence-electron chi connectivity index (χ3n) is 4.06. The largest absolute Gasteiger partial charge is 0.351 e. The molecule has 0 spiro atoms. The first-order valence-electron chi connectivity index (χ1n) is 8.21. The highest BCUT2D eigenvalue weighted by atomic mass is 16.1. The summed E-state index contributed by atoms with van der Waals surface area (Å²) in [5.74, 6) is -0.0745. The van der Waals surface area contributed by atoms with Crippen LogP contribution in [0, 0.1) is 13.8 Å². The molecule has 0 aliphatic heterocycles. The normalized spacial score (nSPS) is 12.5. The van der Waals surface area contributed by atoms with Gasteiger partial charge in [0.05, 0.1) is 6.04 Å². The first-order valence-corrected chi connectivity index (χ1v) is 8.21. The molecule has 0 radical (unpaired) electrons. The molecule has 0 fully saturated rings. The number of hydrogen-bond donors (Lipinski definition) is 1. The van der Waals surface area contributed by atoms with Gasteiger partial charge in [0.1, 0.15) is 0 Å². The second-order valence-electron chi connectivity index (χ2n) is 6.38. The van der Waals surface area contributed by atoms with Crippen LogP contribution in [0.2, 0.25) is 0 Å². The van der Waals surface area contributed by atoms with Crippen molar-refractivity contribution >= 4 is 12.0 Å². The Morgan fingerprint density at radius 1 is 1.00 bits per heavy atom. The Hall–Kier alpha value is -2.39. The number of likely N-dealkylation sites (N-methyl/N-ethyl adjacent to an activating group) is 1. The maximum atomic E-state index is 12.1. The van der Waals surface area contributed by atoms with Crippen molar-refractivity contribution in [1.82, 2.24) is 10.2 Å². The standard InChI is InChI=1S/C21H26N2O/c1-16-5-9-18(10-6-16)11-14-21(24)22-15-20(23(3)4)19-12-7-17(2)8-13-19/h5-14,20H,15H2,1-4H3,(H,22,24)/b14-11+. The SMILES string of the molecule is Cc1ccc(/C=C/C(=O)NCC(c2ccc(C)cc2)N(C)C)cc1. The number of aryl methyl sites for hydroxylation is 2. The van der Waals surface area contributed by atoms with E-state index in [1.54, 1.807) is 6.08 Å². The minimum absolute atomic E-state index is 0.0745. The van der Waals surface area contributed by atoms with E-state index >= 15 is 0 Å². The van der Waals surface area contributed by atoms with Crippen LogP contribution >= 0.6 is 0 Å². The fraction of sp³-hybridized carbons (Fsp3) is 0.286. The molecule has 0 heterocycles. The number of rotatable bonds is 6. The number of nitrogens with zero attached hydrogens (tertiary/aromatic N) is 1. The molecule has 1 N–H and O–H groups in total. The number of amides is 1. The van der Waals surface area contributed by atoms with Gasteiger partial charge in [-0.05, 0) is 45.1 Å². The van der Waals surface area contributed by atoms with E-state index in [1.807, 2.05) is 51.4 Å². The van der Waals surface area contributed by atoms with Crippen molar-refractivity contribution in [3.8, 4) is 0 Å². The summed E-state index contributed by atoms with van der Waals surface area (Å²) in [7, 11) is 4.05. The van der Waals surface area contributed by atoms with Crippen molar-refractivity contribution in [1.29, 1.82) is 0 Å². The number of nitrogens with one attached hydrogen (secondary N) is 1. The highest BCUT2D eigenvalue weighted by Gasteiger charge is 2.14. The maximum Gasteiger partial charge on any atom is 0.244 e. The Labute approximate surface area is 145 Å². The van der Waals surface area contributed by atoms with Crippen LogP contribution in [0.3, 0.4) is 0 Å². The highest BCUT2D eigenvalue weighted by Crippen LogP contribution is 2.17. The zero-order valence-corrected chi connectivity index (χ0v) is 14.9. The lowest BCUT2D eigenvalue weighted by Crippen LogP contribution is -2.33. The summed E-state index contributed by atoms with van der Waals surface area (Å²) in [6.07, 6.45) is 3.43. The summed E-state index contributed by atoms with van der Waals surface area (Å²) in [5, 5.41) is 2.99. The fourth-order valence-corrected chi connectivity index (χ4v) is 2.49. The molecule has 0 bridgehead atoms. The van der Waals surface area contributed by atoms with E-state index in [-0.39, 0.29) is 11.9 Å². The van der Waals surface area contributed by atoms with Gasteiger partial charge in [0.2, 0.25) is 5.91 Å². The maximum absolute atomic E-state index is 12.1. The summed E-state index contributed by atoms with van der Waals surface area (Å²) in [6.45, 7) is 4.70. The molecule has 1 amide bonds. The molecule has 0 saturated carbocycles. The molecular formula is C21H26N2O. The third-order valence-corrected chi connectivity index (χ3v) is 4.06. The molecule has 24 heavy (non-hydrogen) atoms. The molecule has 2 aromatic carbocycles. The molecule has 2 rings (SSSR count). The van der Waals surface area contributed by atoms with Crippen LogP contribution in [0.25, 0.3) is 6.08 Å². The van der Waals surface area contributed by atoms with E-state index in [0.717, 1.165) is 5.56 Å². The van der Waals surface area contributed by atoms with Gasteiger partial charge in [-0.25, -0.2) is 0 Å². The molecule has 126 valence electrons. The van der Waals surface area contributed by atoms with Gasteiger partial charge < -0.3 is 10.2 Å². The van der Waals surface area contributed by atoms with Gasteiger partial charge in [0, 0.05) is 12.6 Å². The Bertz CT molecular complexity index is 685. The van der Waals surface area contributed by atoms with E-state index in [0.29, 0.717) is 6.54 Å². The zero-order valence-electron chi connectivity index (χ0n) is 14.9. The van der Waals surface area contributed by atoms with E-state index in [2.05, 4.69) is 41.4 Å². The lowest BCUT2D eigenvalue weighted by molar-refractivity contribution is -0.116. The van der Waals surface area contributed by atoms with Crippen molar-refractivity contribution in [2.45, 2.75) is 19.9 Å². The highest BCUT2D eigenvalue weighted by molar-refractivity contribution is 5.91. The summed E-state index contributed by atoms with van der Waals surface area (Å²) in [5.41, 5.74) is 4.68. The van der Waals surface area contributed by atoms with Gasteiger partial charge in [-0.1, -0.05) is 59.7 Å². The topological polar surface area (TPSA) is 32.3 Å². The minimum Gasteiger partial charge on any atom is -0.351 e. The molecule has 0 saturated heterocycles. The number of benzene rings is 2. The van der Waals surface area contributed by atoms with E-state index in [9.17, 15) is 4.79 Å². The second-order valence-corrected chi connectivity index (χ2v) is 6.38. The predicted octanol–water partition coefficient (Wildman–Crippen LogP) is 3.74. The van der Waals surface area contributed by atoms with Crippen molar-refractivity contribution in [3.63, 3.8) is 0 Å². The van der Waals surface area contributed by atoms with E-state index in [4.69, 9.17) is 0 Å². The molecule has 1 atom stereocenters. The monoisotopic (exact) mass is 322 g/mol. The van der Waals surface area contributed by atoms with Gasteiger partial charge in [0.15, 0.2) is 0 Å². The van der Waals surface area contributed by atoms with Crippen molar-refractivity contribution in [2.24, 2.45) is 0 Å². The molecule has 0 aromatic heterocycles. The van der Waals surface area contributed by atoms with Gasteiger partial charge >= 0.3 is 0 Å². The Balaban J connectivity index is 1.95. The summed E-state index contributed by atoms with van der Waals surface area (Å²) >= 11 is 0. The van der Waals surface area contributed by atoms with Crippen LogP contribution < -0.4 is 5.32 Å². The van der Waals surface area contributed by atoms with E-state index in [1.165, 1.54) is 16.7 Å². The molecule has 3 nitrogen and oxygen atoms in total. The Kier molecular flexibility index (Phi) is 6.33. The van der Waals surface area contributed by atoms with Gasteiger partial charge in [-0.15, -0.1) is 0 Å². The number of hydrogen-bond acceptors (Lipinski definition) is 2. The van der Waals surface area contributed by atoms with Gasteiger partial charge in [-0.3, -0.25) is 4.79 Å². The average Bonchev–Trinajstić information content (AvgIpc) is 2.56. The van der Waals surface area contributed by atoms with Crippen LogP contribution in [0.1, 0.15) is 28.3 Å². The predicted molar refractivity (Wildman–Crippen MR) is 101 cm³/mol. The zero-order chi connectivity index (χ0) is 17.5. The van der Waals surface area contributed by atoms with Crippen LogP contribution in [-0.2, 0) is 4.79 Å². The lowest BCUT2D eigenvalue weighted by atomic mass is 10.0. The van der Waals surface area contributed by atoms with Gasteiger partial charge in [-0.2, -0.15) is 0 Å². The molecular weight excluding hydrogens is 296 g/mol. The quantitative estimate of drug-likeness (QED) is 0.822. The molecule has 0 aliphatic rings. The van der Waals surface area contributed by atoms with E-state index < -0.39 is 0 Å². The molecule has 2 aromatic rings. The van der Waals surface area contributed by atoms with Gasteiger partial charge in [0.25, 0.3) is 0 Å². The summed E-state index contributed by atoms with van der Waals surface area (Å²) in [4.78, 5) is 14.2. The smallest absolute Gasteiger partial charge is 0.244 e. The minimum atomic E-state index is -0.0745. The summed E-state index contributed by atoms with van der Waals surface area (Å²) in [6, 6.07) is 16.7. The Morgan fingerprint density at radius 2 is 1.54 bits per heavy atom. The summed E-state index contributed by atoms with van der Waals surface area (Å²) < 4.78 is 0. The molecule has 1 unspecified atom stereocenters. The first kappa shape index (κ1) is 18.0. The Morgan fingerprint density at radius 3 is 2.08 bits per heavy atom. The van der Waals surface area contributed by atoms with Crippen molar-refractivity contribution in [3.05, 3.63) is 76.9 Å². The van der Waals surface area contributed by atoms with Crippen LogP contribution in [0.4, 0.5) is 0 Å². The average molecular weight is 322 g/mol. The second kappa shape index (κ2) is 8.46. The van der Waals surface area contributed by atoms with Crippen LogP contribution in [0.15, 0.2) is 54.6 Å². The lowest BCUT2D eigenvalue weighted by Gasteiger charge is -2.25. The molecule has 0 aliphatic carbocycles. The fourth-order valence-electron chi connectivity index (χ4n) is 2.49. The van der Waals surface area contributed by atoms with Crippen LogP contribution in [0.5, 0.6) is 0 Å². The molecule has 3 heteroatoms. The number of carbonyl (C=O) groups is 1. The third kappa shape index (κ3) is 5.36. The first-order chi connectivity index (χ1) is 11.5.